The van der Waals surface area contributed by atoms with Gasteiger partial charge in [-0.1, -0.05) is 12.1 Å². The molecule has 0 saturated carbocycles. The molecule has 4 rings (SSSR count). The lowest BCUT2D eigenvalue weighted by molar-refractivity contribution is -0.384. The molecule has 1 fully saturated rings. The minimum atomic E-state index is -0.400. The molecular weight excluding hydrogens is 362 g/mol. The van der Waals surface area contributed by atoms with Gasteiger partial charge in [0.2, 0.25) is 0 Å². The molecule has 1 saturated heterocycles. The minimum absolute atomic E-state index is 0.00681. The molecule has 2 heterocycles. The lowest BCUT2D eigenvalue weighted by Gasteiger charge is -2.33. The van der Waals surface area contributed by atoms with Crippen molar-refractivity contribution in [3.63, 3.8) is 0 Å². The topological polar surface area (TPSA) is 76.3 Å². The molecular formula is C20H19N3O3S. The number of nitro benzene ring substituents is 1. The van der Waals surface area contributed by atoms with Gasteiger partial charge in [-0.2, -0.15) is 0 Å². The molecule has 0 aliphatic carbocycles. The van der Waals surface area contributed by atoms with E-state index in [1.165, 1.54) is 17.7 Å². The minimum Gasteiger partial charge on any atom is -0.365 e. The number of carbonyl (C=O) groups excluding carboxylic acids is 1. The molecule has 3 aromatic rings. The Bertz CT molecular complexity index is 997. The summed E-state index contributed by atoms with van der Waals surface area (Å²) in [6.45, 7) is 2.88. The summed E-state index contributed by atoms with van der Waals surface area (Å²) in [6.07, 6.45) is 1.97. The predicted molar refractivity (Wildman–Crippen MR) is 107 cm³/mol. The van der Waals surface area contributed by atoms with E-state index in [0.29, 0.717) is 17.8 Å². The van der Waals surface area contributed by atoms with Crippen molar-refractivity contribution in [3.8, 4) is 0 Å². The first-order valence-electron chi connectivity index (χ1n) is 8.92. The van der Waals surface area contributed by atoms with Crippen LogP contribution in [0.3, 0.4) is 0 Å². The van der Waals surface area contributed by atoms with Crippen molar-refractivity contribution in [2.24, 2.45) is 0 Å². The maximum absolute atomic E-state index is 11.6. The molecule has 1 atom stereocenters. The molecule has 27 heavy (non-hydrogen) atoms. The number of Topliss-reactive ketones (excluding diaryl/α,β-unsaturated/α-hetero) is 1. The molecule has 1 aliphatic heterocycles. The monoisotopic (exact) mass is 381 g/mol. The normalized spacial score (nSPS) is 17.2. The van der Waals surface area contributed by atoms with Crippen LogP contribution in [0.1, 0.15) is 41.0 Å². The van der Waals surface area contributed by atoms with Gasteiger partial charge in [-0.05, 0) is 44.0 Å². The van der Waals surface area contributed by atoms with Gasteiger partial charge in [0.1, 0.15) is 5.69 Å². The number of para-hydroxylation sites is 1. The van der Waals surface area contributed by atoms with Crippen LogP contribution in [0.4, 0.5) is 11.4 Å². The van der Waals surface area contributed by atoms with Gasteiger partial charge < -0.3 is 4.90 Å². The summed E-state index contributed by atoms with van der Waals surface area (Å²) in [5.41, 5.74) is 1.94. The van der Waals surface area contributed by atoms with E-state index in [9.17, 15) is 14.9 Å². The fourth-order valence-corrected chi connectivity index (χ4v) is 4.71. The Labute approximate surface area is 160 Å². The number of rotatable bonds is 4. The smallest absolute Gasteiger partial charge is 0.293 e. The number of hydrogen-bond acceptors (Lipinski definition) is 6. The van der Waals surface area contributed by atoms with E-state index in [1.54, 1.807) is 23.5 Å². The quantitative estimate of drug-likeness (QED) is 0.369. The van der Waals surface area contributed by atoms with E-state index in [1.807, 2.05) is 18.2 Å². The molecule has 0 amide bonds. The first kappa shape index (κ1) is 17.6. The Morgan fingerprint density at radius 1 is 1.30 bits per heavy atom. The molecule has 1 aromatic heterocycles. The molecule has 138 valence electrons. The van der Waals surface area contributed by atoms with E-state index in [0.717, 1.165) is 29.9 Å². The largest absolute Gasteiger partial charge is 0.365 e. The Hall–Kier alpha value is -2.80. The summed E-state index contributed by atoms with van der Waals surface area (Å²) >= 11 is 1.70. The highest BCUT2D eigenvalue weighted by Crippen LogP contribution is 2.37. The summed E-state index contributed by atoms with van der Waals surface area (Å²) in [6, 6.07) is 12.8. The zero-order valence-corrected chi connectivity index (χ0v) is 15.7. The molecule has 0 unspecified atom stereocenters. The molecule has 0 N–H and O–H groups in total. The predicted octanol–water partition coefficient (Wildman–Crippen LogP) is 4.79. The fraction of sp³-hybridized carbons (Fsp3) is 0.300. The van der Waals surface area contributed by atoms with E-state index >= 15 is 0 Å². The number of aromatic nitrogens is 1. The second kappa shape index (κ2) is 7.08. The van der Waals surface area contributed by atoms with Crippen molar-refractivity contribution < 1.29 is 9.72 Å². The SMILES string of the molecule is CC(=O)c1ccc(N2CCC[C@H](c3nc4ccccc4s3)C2)c([N+](=O)[O-])c1. The van der Waals surface area contributed by atoms with Crippen molar-refractivity contribution in [2.45, 2.75) is 25.7 Å². The van der Waals surface area contributed by atoms with Crippen LogP contribution < -0.4 is 4.90 Å². The molecule has 2 aromatic carbocycles. The molecule has 0 spiro atoms. The summed E-state index contributed by atoms with van der Waals surface area (Å²) < 4.78 is 1.17. The van der Waals surface area contributed by atoms with Gasteiger partial charge in [0.05, 0.1) is 20.1 Å². The van der Waals surface area contributed by atoms with Crippen molar-refractivity contribution in [1.29, 1.82) is 0 Å². The maximum atomic E-state index is 11.6. The van der Waals surface area contributed by atoms with Crippen LogP contribution in [-0.2, 0) is 0 Å². The molecule has 6 nitrogen and oxygen atoms in total. The number of nitrogens with zero attached hydrogens (tertiary/aromatic N) is 3. The fourth-order valence-electron chi connectivity index (χ4n) is 3.62. The number of ketones is 1. The summed E-state index contributed by atoms with van der Waals surface area (Å²) in [5.74, 6) is 0.0823. The van der Waals surface area contributed by atoms with Gasteiger partial charge in [-0.25, -0.2) is 4.98 Å². The van der Waals surface area contributed by atoms with E-state index in [4.69, 9.17) is 4.98 Å². The molecule has 1 aliphatic rings. The van der Waals surface area contributed by atoms with Crippen LogP contribution in [0.25, 0.3) is 10.2 Å². The number of benzene rings is 2. The third kappa shape index (κ3) is 3.42. The average Bonchev–Trinajstić information content (AvgIpc) is 3.12. The van der Waals surface area contributed by atoms with Gasteiger partial charge in [-0.3, -0.25) is 14.9 Å². The summed E-state index contributed by atoms with van der Waals surface area (Å²) in [7, 11) is 0. The molecule has 0 bridgehead atoms. The summed E-state index contributed by atoms with van der Waals surface area (Å²) in [5, 5.41) is 12.7. The van der Waals surface area contributed by atoms with Crippen LogP contribution in [0.15, 0.2) is 42.5 Å². The van der Waals surface area contributed by atoms with E-state index in [2.05, 4.69) is 11.0 Å². The Kier molecular flexibility index (Phi) is 4.61. The highest BCUT2D eigenvalue weighted by molar-refractivity contribution is 7.18. The van der Waals surface area contributed by atoms with Crippen molar-refractivity contribution >= 4 is 38.7 Å². The molecule has 0 radical (unpaired) electrons. The van der Waals surface area contributed by atoms with Gasteiger partial charge in [0, 0.05) is 30.6 Å². The average molecular weight is 381 g/mol. The van der Waals surface area contributed by atoms with Crippen molar-refractivity contribution in [1.82, 2.24) is 4.98 Å². The van der Waals surface area contributed by atoms with E-state index in [-0.39, 0.29) is 17.4 Å². The van der Waals surface area contributed by atoms with Crippen LogP contribution >= 0.6 is 11.3 Å². The second-order valence-electron chi connectivity index (χ2n) is 6.82. The van der Waals surface area contributed by atoms with Crippen LogP contribution in [0.2, 0.25) is 0 Å². The first-order valence-corrected chi connectivity index (χ1v) is 9.74. The number of nitro groups is 1. The van der Waals surface area contributed by atoms with Crippen LogP contribution in [-0.4, -0.2) is 28.8 Å². The van der Waals surface area contributed by atoms with Gasteiger partial charge in [0.25, 0.3) is 5.69 Å². The standard InChI is InChI=1S/C20H19N3O3S/c1-13(24)14-8-9-17(18(11-14)23(25)26)22-10-4-5-15(12-22)20-21-16-6-2-3-7-19(16)27-20/h2-3,6-9,11,15H,4-5,10,12H2,1H3/t15-/m0/s1. The molecule has 7 heteroatoms. The highest BCUT2D eigenvalue weighted by Gasteiger charge is 2.28. The van der Waals surface area contributed by atoms with Gasteiger partial charge >= 0.3 is 0 Å². The Morgan fingerprint density at radius 2 is 2.11 bits per heavy atom. The zero-order chi connectivity index (χ0) is 19.0. The van der Waals surface area contributed by atoms with Crippen LogP contribution in [0.5, 0.6) is 0 Å². The zero-order valence-electron chi connectivity index (χ0n) is 14.9. The lowest BCUT2D eigenvalue weighted by Crippen LogP contribution is -2.34. The maximum Gasteiger partial charge on any atom is 0.293 e. The van der Waals surface area contributed by atoms with E-state index < -0.39 is 4.92 Å². The van der Waals surface area contributed by atoms with Gasteiger partial charge in [0.15, 0.2) is 5.78 Å². The van der Waals surface area contributed by atoms with Gasteiger partial charge in [-0.15, -0.1) is 11.3 Å². The van der Waals surface area contributed by atoms with Crippen molar-refractivity contribution in [2.75, 3.05) is 18.0 Å². The Balaban J connectivity index is 1.65. The third-order valence-electron chi connectivity index (χ3n) is 5.00. The number of hydrogen-bond donors (Lipinski definition) is 0. The number of piperidine rings is 1. The number of fused-ring (bicyclic) bond motifs is 1. The van der Waals surface area contributed by atoms with Crippen molar-refractivity contribution in [3.05, 3.63) is 63.1 Å². The number of carbonyl (C=O) groups is 1. The Morgan fingerprint density at radius 3 is 2.85 bits per heavy atom. The van der Waals surface area contributed by atoms with Crippen LogP contribution in [0, 0.1) is 10.1 Å². The first-order chi connectivity index (χ1) is 13.0. The lowest BCUT2D eigenvalue weighted by atomic mass is 9.97. The number of anilines is 1. The summed E-state index contributed by atoms with van der Waals surface area (Å²) in [4.78, 5) is 29.6. The highest BCUT2D eigenvalue weighted by atomic mass is 32.1. The second-order valence-corrected chi connectivity index (χ2v) is 7.88. The number of thiazole rings is 1. The third-order valence-corrected chi connectivity index (χ3v) is 6.20.